The maximum Gasteiger partial charge on any atom is 0.172 e. The molecule has 0 aromatic carbocycles. The van der Waals surface area contributed by atoms with E-state index >= 15 is 0 Å². The fourth-order valence-corrected chi connectivity index (χ4v) is 4.87. The third-order valence-corrected chi connectivity index (χ3v) is 6.95. The Kier molecular flexibility index (Phi) is 13.4. The number of aryl methyl sites for hydroxylation is 2. The van der Waals surface area contributed by atoms with Gasteiger partial charge < -0.3 is 0 Å². The molecule has 0 amide bonds. The van der Waals surface area contributed by atoms with E-state index in [1.165, 1.54) is 101 Å². The monoisotopic (exact) mass is 460 g/mol. The summed E-state index contributed by atoms with van der Waals surface area (Å²) >= 11 is 0. The summed E-state index contributed by atoms with van der Waals surface area (Å²) in [7, 11) is 0. The molecule has 2 heteroatoms. The number of nitrogens with zero attached hydrogens (tertiary/aromatic N) is 2. The van der Waals surface area contributed by atoms with Crippen molar-refractivity contribution in [2.24, 2.45) is 0 Å². The Labute approximate surface area is 209 Å². The molecule has 0 N–H and O–H groups in total. The number of hydrogen-bond acceptors (Lipinski definition) is 0. The molecule has 0 saturated carbocycles. The van der Waals surface area contributed by atoms with E-state index < -0.39 is 0 Å². The molecule has 0 spiro atoms. The van der Waals surface area contributed by atoms with E-state index in [0.717, 1.165) is 25.9 Å². The number of hydrogen-bond donors (Lipinski definition) is 0. The number of aromatic nitrogens is 2. The summed E-state index contributed by atoms with van der Waals surface area (Å²) in [6, 6.07) is 8.96. The highest BCUT2D eigenvalue weighted by Gasteiger charge is 2.03. The van der Waals surface area contributed by atoms with Gasteiger partial charge in [-0.15, -0.1) is 0 Å². The van der Waals surface area contributed by atoms with Crippen molar-refractivity contribution in [3.8, 4) is 0 Å². The van der Waals surface area contributed by atoms with Crippen LogP contribution in [0.3, 0.4) is 0 Å². The van der Waals surface area contributed by atoms with Gasteiger partial charge in [0.25, 0.3) is 0 Å². The highest BCUT2D eigenvalue weighted by Crippen LogP contribution is 2.10. The van der Waals surface area contributed by atoms with Gasteiger partial charge in [0.15, 0.2) is 24.8 Å². The number of fused-ring (bicyclic) bond motifs is 4. The van der Waals surface area contributed by atoms with E-state index in [-0.39, 0.29) is 0 Å². The molecule has 1 aliphatic heterocycles. The zero-order valence-electron chi connectivity index (χ0n) is 21.6. The van der Waals surface area contributed by atoms with Crippen molar-refractivity contribution in [3.63, 3.8) is 0 Å². The van der Waals surface area contributed by atoms with Crippen molar-refractivity contribution in [2.45, 2.75) is 116 Å². The first-order chi connectivity index (χ1) is 16.9. The van der Waals surface area contributed by atoms with Gasteiger partial charge in [-0.1, -0.05) is 62.8 Å². The van der Waals surface area contributed by atoms with Crippen LogP contribution in [0.1, 0.15) is 101 Å². The molecule has 1 aliphatic rings. The molecule has 184 valence electrons. The number of pyridine rings is 2. The standard InChI is InChI=1S/C32H48N2/c1-3-7-11-15-21-31-23-19-28-34(29-31)26-18-14-10-6-2-4-8-12-16-22-32-24-20-27-33(30-32)25-17-13-9-5-1/h11-12,15-16,19-20,23-24,27-30H,1-10,13-14,17-18,21-22,25-26H2/q+2/b15-11+,16-12+. The second-order valence-corrected chi connectivity index (χ2v) is 10.1. The third kappa shape index (κ3) is 11.8. The van der Waals surface area contributed by atoms with Crippen molar-refractivity contribution >= 4 is 0 Å². The molecule has 3 heterocycles. The molecular formula is C32H48N2+2. The van der Waals surface area contributed by atoms with Gasteiger partial charge in [-0.25, -0.2) is 9.13 Å². The summed E-state index contributed by atoms with van der Waals surface area (Å²) in [5, 5.41) is 0. The fraction of sp³-hybridized carbons (Fsp3) is 0.562. The van der Waals surface area contributed by atoms with Crippen LogP contribution in [0.2, 0.25) is 0 Å². The minimum Gasteiger partial charge on any atom is -0.205 e. The van der Waals surface area contributed by atoms with Gasteiger partial charge in [0, 0.05) is 36.1 Å². The van der Waals surface area contributed by atoms with Gasteiger partial charge in [-0.3, -0.25) is 0 Å². The minimum atomic E-state index is 1.06. The lowest BCUT2D eigenvalue weighted by Crippen LogP contribution is -2.33. The predicted molar refractivity (Wildman–Crippen MR) is 144 cm³/mol. The highest BCUT2D eigenvalue weighted by atomic mass is 14.9. The zero-order valence-corrected chi connectivity index (χ0v) is 21.6. The molecule has 0 saturated heterocycles. The smallest absolute Gasteiger partial charge is 0.172 e. The molecule has 34 heavy (non-hydrogen) atoms. The van der Waals surface area contributed by atoms with E-state index in [1.807, 2.05) is 0 Å². The number of rotatable bonds is 0. The maximum absolute atomic E-state index is 2.39. The van der Waals surface area contributed by atoms with E-state index in [9.17, 15) is 0 Å². The van der Waals surface area contributed by atoms with Gasteiger partial charge in [0.05, 0.1) is 0 Å². The van der Waals surface area contributed by atoms with Crippen LogP contribution in [-0.4, -0.2) is 0 Å². The van der Waals surface area contributed by atoms with Crippen LogP contribution in [0.4, 0.5) is 0 Å². The zero-order chi connectivity index (χ0) is 23.5. The predicted octanol–water partition coefficient (Wildman–Crippen LogP) is 7.63. The minimum absolute atomic E-state index is 1.06. The molecule has 4 bridgehead atoms. The third-order valence-electron chi connectivity index (χ3n) is 6.95. The SMILES string of the molecule is C1=C/Cc2ccc[n+](c2)CCCCCCCC/C=C/Cc2ccc[n+](c2)CCCCCCCC/1. The van der Waals surface area contributed by atoms with E-state index in [1.54, 1.807) is 0 Å². The lowest BCUT2D eigenvalue weighted by Gasteiger charge is -2.02. The Morgan fingerprint density at radius 3 is 1.32 bits per heavy atom. The molecule has 2 aromatic rings. The Bertz CT molecular complexity index is 780. The summed E-state index contributed by atoms with van der Waals surface area (Å²) in [4.78, 5) is 0. The lowest BCUT2D eigenvalue weighted by molar-refractivity contribution is -0.697. The first-order valence-corrected chi connectivity index (χ1v) is 14.2. The molecule has 0 unspecified atom stereocenters. The molecule has 0 fully saturated rings. The first-order valence-electron chi connectivity index (χ1n) is 14.2. The summed E-state index contributed by atoms with van der Waals surface area (Å²) in [5.41, 5.74) is 2.87. The molecule has 0 radical (unpaired) electrons. The quantitative estimate of drug-likeness (QED) is 0.282. The van der Waals surface area contributed by atoms with E-state index in [4.69, 9.17) is 0 Å². The van der Waals surface area contributed by atoms with Crippen LogP contribution >= 0.6 is 0 Å². The lowest BCUT2D eigenvalue weighted by atomic mass is 10.1. The maximum atomic E-state index is 2.39. The van der Waals surface area contributed by atoms with Crippen molar-refractivity contribution in [2.75, 3.05) is 0 Å². The highest BCUT2D eigenvalue weighted by molar-refractivity contribution is 5.10. The van der Waals surface area contributed by atoms with E-state index in [2.05, 4.69) is 82.5 Å². The average Bonchev–Trinajstić information content (AvgIpc) is 2.86. The normalized spacial score (nSPS) is 20.5. The fourth-order valence-electron chi connectivity index (χ4n) is 4.87. The van der Waals surface area contributed by atoms with Crippen LogP contribution in [0.25, 0.3) is 0 Å². The Morgan fingerprint density at radius 1 is 0.441 bits per heavy atom. The average molecular weight is 461 g/mol. The summed E-state index contributed by atoms with van der Waals surface area (Å²) in [6.07, 6.45) is 39.4. The van der Waals surface area contributed by atoms with Gasteiger partial charge in [0.1, 0.15) is 13.1 Å². The Morgan fingerprint density at radius 2 is 0.853 bits per heavy atom. The first kappa shape index (κ1) is 26.4. The molecular weight excluding hydrogens is 412 g/mol. The molecule has 0 aliphatic carbocycles. The van der Waals surface area contributed by atoms with Crippen LogP contribution in [-0.2, 0) is 25.9 Å². The van der Waals surface area contributed by atoms with Crippen LogP contribution in [0.15, 0.2) is 73.4 Å². The van der Waals surface area contributed by atoms with Crippen molar-refractivity contribution in [1.29, 1.82) is 0 Å². The Hall–Kier alpha value is -2.22. The van der Waals surface area contributed by atoms with Gasteiger partial charge in [-0.05, 0) is 63.5 Å². The largest absolute Gasteiger partial charge is 0.205 e. The van der Waals surface area contributed by atoms with Gasteiger partial charge in [0.2, 0.25) is 0 Å². The molecule has 3 rings (SSSR count). The van der Waals surface area contributed by atoms with Gasteiger partial charge in [-0.2, -0.15) is 0 Å². The van der Waals surface area contributed by atoms with E-state index in [0.29, 0.717) is 0 Å². The van der Waals surface area contributed by atoms with Crippen molar-refractivity contribution in [3.05, 3.63) is 84.5 Å². The Balaban J connectivity index is 1.44. The second-order valence-electron chi connectivity index (χ2n) is 10.1. The summed E-state index contributed by atoms with van der Waals surface area (Å²) in [6.45, 7) is 2.31. The van der Waals surface area contributed by atoms with Crippen molar-refractivity contribution < 1.29 is 9.13 Å². The molecule has 2 aromatic heterocycles. The van der Waals surface area contributed by atoms with Crippen molar-refractivity contribution in [1.82, 2.24) is 0 Å². The number of allylic oxidation sites excluding steroid dienone is 4. The summed E-state index contributed by atoms with van der Waals surface area (Å²) in [5.74, 6) is 0. The molecule has 2 nitrogen and oxygen atoms in total. The summed E-state index contributed by atoms with van der Waals surface area (Å²) < 4.78 is 4.77. The second kappa shape index (κ2) is 17.2. The van der Waals surface area contributed by atoms with Crippen LogP contribution in [0, 0.1) is 0 Å². The molecule has 0 atom stereocenters. The van der Waals surface area contributed by atoms with Crippen LogP contribution in [0.5, 0.6) is 0 Å². The topological polar surface area (TPSA) is 7.76 Å². The van der Waals surface area contributed by atoms with Gasteiger partial charge >= 0.3 is 0 Å². The van der Waals surface area contributed by atoms with Crippen LogP contribution < -0.4 is 9.13 Å².